The molecular weight excluding hydrogens is 721 g/mol. The zero-order valence-electron chi connectivity index (χ0n) is 34.2. The van der Waals surface area contributed by atoms with Crippen molar-refractivity contribution >= 4 is 65.6 Å². The van der Waals surface area contributed by atoms with E-state index in [0.717, 1.165) is 55.5 Å². The van der Waals surface area contributed by atoms with Gasteiger partial charge in [-0.1, -0.05) is 120 Å². The summed E-state index contributed by atoms with van der Waals surface area (Å²) in [6.07, 6.45) is 1.82. The summed E-state index contributed by atoms with van der Waals surface area (Å²) in [6, 6.07) is 55.0. The van der Waals surface area contributed by atoms with Crippen LogP contribution in [-0.2, 0) is 10.8 Å². The van der Waals surface area contributed by atoms with Crippen LogP contribution in [-0.4, -0.2) is 19.1 Å². The van der Waals surface area contributed by atoms with Crippen molar-refractivity contribution in [1.29, 1.82) is 0 Å². The number of benzene rings is 7. The maximum absolute atomic E-state index is 6.66. The van der Waals surface area contributed by atoms with Crippen LogP contribution in [0.4, 0.5) is 0 Å². The van der Waals surface area contributed by atoms with Crippen LogP contribution in [0.5, 0.6) is 0 Å². The summed E-state index contributed by atoms with van der Waals surface area (Å²) in [5.41, 5.74) is 14.9. The smallest absolute Gasteiger partial charge is 0.228 e. The Kier molecular flexibility index (Phi) is 7.61. The molecule has 7 aromatic carbocycles. The van der Waals surface area contributed by atoms with E-state index in [2.05, 4.69) is 190 Å². The number of rotatable bonds is 4. The second-order valence-electron chi connectivity index (χ2n) is 18.0. The van der Waals surface area contributed by atoms with Crippen molar-refractivity contribution in [2.24, 2.45) is 0 Å². The molecular formula is C54H44N4O. The monoisotopic (exact) mass is 764 g/mol. The van der Waals surface area contributed by atoms with Crippen molar-refractivity contribution in [1.82, 2.24) is 19.1 Å². The first-order valence-corrected chi connectivity index (χ1v) is 20.5. The Balaban J connectivity index is 1.11. The van der Waals surface area contributed by atoms with Gasteiger partial charge in [0.25, 0.3) is 0 Å². The lowest BCUT2D eigenvalue weighted by Gasteiger charge is -2.19. The lowest BCUT2D eigenvalue weighted by molar-refractivity contribution is 0.591. The second-order valence-corrected chi connectivity index (χ2v) is 18.0. The normalized spacial score (nSPS) is 12.6. The van der Waals surface area contributed by atoms with Crippen LogP contribution in [0, 0.1) is 0 Å². The molecule has 0 unspecified atom stereocenters. The average Bonchev–Trinajstić information content (AvgIpc) is 3.93. The predicted molar refractivity (Wildman–Crippen MR) is 246 cm³/mol. The van der Waals surface area contributed by atoms with E-state index in [0.29, 0.717) is 11.5 Å². The van der Waals surface area contributed by atoms with E-state index in [1.165, 1.54) is 43.7 Å². The Morgan fingerprint density at radius 1 is 0.458 bits per heavy atom. The van der Waals surface area contributed by atoms with Crippen molar-refractivity contribution in [2.45, 2.75) is 52.4 Å². The quantitative estimate of drug-likeness (QED) is 0.179. The van der Waals surface area contributed by atoms with Crippen molar-refractivity contribution in [2.75, 3.05) is 0 Å². The lowest BCUT2D eigenvalue weighted by atomic mass is 9.85. The third-order valence-electron chi connectivity index (χ3n) is 12.1. The molecule has 5 nitrogen and oxygen atoms in total. The average molecular weight is 765 g/mol. The Labute approximate surface area is 343 Å². The standard InChI is InChI=1S/C54H44N4O/c1-53(2,3)35-21-27-47-43(30-35)42-25-20-36(54(4,5)6)31-48(42)57(47)37-22-17-33(18-23-37)39-26-24-38(58-45-15-9-7-13-40(45)41-14-8-10-16-46(41)58)32-44(39)52-56-51-49(59-52)28-19-34-12-11-29-55-50(34)51/h7-32H,1-6H3. The maximum Gasteiger partial charge on any atom is 0.228 e. The van der Waals surface area contributed by atoms with Gasteiger partial charge in [0.05, 0.1) is 27.6 Å². The fourth-order valence-electron chi connectivity index (χ4n) is 8.97. The molecule has 0 saturated carbocycles. The number of aromatic nitrogens is 4. The van der Waals surface area contributed by atoms with Gasteiger partial charge in [-0.05, 0) is 106 Å². The molecule has 59 heavy (non-hydrogen) atoms. The van der Waals surface area contributed by atoms with Gasteiger partial charge in [0.15, 0.2) is 5.58 Å². The van der Waals surface area contributed by atoms with Gasteiger partial charge in [-0.2, -0.15) is 0 Å². The highest BCUT2D eigenvalue weighted by atomic mass is 16.3. The van der Waals surface area contributed by atoms with E-state index in [4.69, 9.17) is 14.4 Å². The topological polar surface area (TPSA) is 48.8 Å². The highest BCUT2D eigenvalue weighted by Gasteiger charge is 2.23. The molecule has 0 N–H and O–H groups in total. The van der Waals surface area contributed by atoms with Crippen molar-refractivity contribution in [3.63, 3.8) is 0 Å². The van der Waals surface area contributed by atoms with Gasteiger partial charge in [0.2, 0.25) is 5.89 Å². The second kappa shape index (κ2) is 12.8. The zero-order chi connectivity index (χ0) is 40.2. The molecule has 0 aliphatic carbocycles. The number of nitrogens with zero attached hydrogens (tertiary/aromatic N) is 4. The van der Waals surface area contributed by atoms with Crippen molar-refractivity contribution in [3.8, 4) is 34.0 Å². The van der Waals surface area contributed by atoms with Crippen LogP contribution in [0.1, 0.15) is 52.7 Å². The van der Waals surface area contributed by atoms with Crippen LogP contribution in [0.25, 0.3) is 99.6 Å². The largest absolute Gasteiger partial charge is 0.436 e. The predicted octanol–water partition coefficient (Wildman–Crippen LogP) is 14.5. The molecule has 0 fully saturated rings. The number of para-hydroxylation sites is 2. The van der Waals surface area contributed by atoms with Gasteiger partial charge < -0.3 is 13.6 Å². The van der Waals surface area contributed by atoms with Crippen LogP contribution in [0.15, 0.2) is 162 Å². The fourth-order valence-corrected chi connectivity index (χ4v) is 8.97. The van der Waals surface area contributed by atoms with Crippen molar-refractivity contribution in [3.05, 3.63) is 169 Å². The molecule has 4 heterocycles. The summed E-state index contributed by atoms with van der Waals surface area (Å²) in [5.74, 6) is 0.562. The maximum atomic E-state index is 6.66. The van der Waals surface area contributed by atoms with Gasteiger partial charge in [-0.25, -0.2) is 4.98 Å². The summed E-state index contributed by atoms with van der Waals surface area (Å²) >= 11 is 0. The number of fused-ring (bicyclic) bond motifs is 9. The van der Waals surface area contributed by atoms with E-state index in [9.17, 15) is 0 Å². The van der Waals surface area contributed by atoms with Gasteiger partial charge in [0.1, 0.15) is 5.52 Å². The molecule has 0 radical (unpaired) electrons. The minimum absolute atomic E-state index is 0.0186. The zero-order valence-corrected chi connectivity index (χ0v) is 34.2. The molecule has 0 bridgehead atoms. The van der Waals surface area contributed by atoms with E-state index in [1.54, 1.807) is 0 Å². The molecule has 0 amide bonds. The first-order valence-electron chi connectivity index (χ1n) is 20.5. The Morgan fingerprint density at radius 3 is 1.81 bits per heavy atom. The number of hydrogen-bond donors (Lipinski definition) is 0. The van der Waals surface area contributed by atoms with Gasteiger partial charge in [0, 0.05) is 50.1 Å². The Morgan fingerprint density at radius 2 is 1.08 bits per heavy atom. The molecule has 11 aromatic rings. The molecule has 11 rings (SSSR count). The number of pyridine rings is 1. The number of oxazole rings is 1. The summed E-state index contributed by atoms with van der Waals surface area (Å²) in [7, 11) is 0. The van der Waals surface area contributed by atoms with Crippen molar-refractivity contribution < 1.29 is 4.42 Å². The molecule has 5 heteroatoms. The summed E-state index contributed by atoms with van der Waals surface area (Å²) in [4.78, 5) is 9.89. The first-order chi connectivity index (χ1) is 28.5. The first kappa shape index (κ1) is 35.2. The van der Waals surface area contributed by atoms with E-state index in [-0.39, 0.29) is 10.8 Å². The van der Waals surface area contributed by atoms with Crippen LogP contribution >= 0.6 is 0 Å². The molecule has 4 aromatic heterocycles. The SMILES string of the molecule is CC(C)(C)c1ccc2c(c1)c1ccc(C(C)(C)C)cc1n2-c1ccc(-c2ccc(-n3c4ccccc4c4ccccc43)cc2-c2nc3c(ccc4cccnc43)o2)cc1. The summed E-state index contributed by atoms with van der Waals surface area (Å²) in [5, 5.41) is 6.02. The number of hydrogen-bond acceptors (Lipinski definition) is 3. The van der Waals surface area contributed by atoms with E-state index >= 15 is 0 Å². The van der Waals surface area contributed by atoms with Crippen LogP contribution in [0.3, 0.4) is 0 Å². The minimum atomic E-state index is 0.0186. The van der Waals surface area contributed by atoms with Gasteiger partial charge >= 0.3 is 0 Å². The molecule has 0 atom stereocenters. The van der Waals surface area contributed by atoms with Gasteiger partial charge in [-0.3, -0.25) is 4.98 Å². The van der Waals surface area contributed by atoms with Crippen LogP contribution in [0.2, 0.25) is 0 Å². The molecule has 0 aliphatic rings. The fraction of sp³-hybridized carbons (Fsp3) is 0.148. The molecule has 0 saturated heterocycles. The lowest BCUT2D eigenvalue weighted by Crippen LogP contribution is -2.10. The third kappa shape index (κ3) is 5.60. The third-order valence-corrected chi connectivity index (χ3v) is 12.1. The highest BCUT2D eigenvalue weighted by molar-refractivity contribution is 6.11. The Hall–Kier alpha value is -6.98. The minimum Gasteiger partial charge on any atom is -0.436 e. The van der Waals surface area contributed by atoms with E-state index < -0.39 is 0 Å². The molecule has 286 valence electrons. The van der Waals surface area contributed by atoms with Crippen LogP contribution < -0.4 is 0 Å². The highest BCUT2D eigenvalue weighted by Crippen LogP contribution is 2.41. The Bertz CT molecular complexity index is 3400. The van der Waals surface area contributed by atoms with E-state index in [1.807, 2.05) is 18.3 Å². The summed E-state index contributed by atoms with van der Waals surface area (Å²) in [6.45, 7) is 13.7. The molecule has 0 aliphatic heterocycles. The molecule has 0 spiro atoms. The summed E-state index contributed by atoms with van der Waals surface area (Å²) < 4.78 is 11.4. The van der Waals surface area contributed by atoms with Gasteiger partial charge in [-0.15, -0.1) is 0 Å².